The minimum absolute atomic E-state index is 0.0267. The Morgan fingerprint density at radius 3 is 1.96 bits per heavy atom. The van der Waals surface area contributed by atoms with Crippen molar-refractivity contribution < 1.29 is 28.2 Å². The van der Waals surface area contributed by atoms with Crippen molar-refractivity contribution in [3.63, 3.8) is 0 Å². The van der Waals surface area contributed by atoms with Gasteiger partial charge in [0, 0.05) is 0 Å². The van der Waals surface area contributed by atoms with Gasteiger partial charge in [0.1, 0.15) is 6.54 Å². The Labute approximate surface area is 132 Å². The van der Waals surface area contributed by atoms with Crippen LogP contribution >= 0.6 is 0 Å². The monoisotopic (exact) mass is 335 g/mol. The van der Waals surface area contributed by atoms with Crippen LogP contribution in [-0.2, 0) is 14.8 Å². The van der Waals surface area contributed by atoms with E-state index < -0.39 is 28.5 Å². The highest BCUT2D eigenvalue weighted by Gasteiger charge is 2.27. The lowest BCUT2D eigenvalue weighted by Crippen LogP contribution is -2.35. The maximum atomic E-state index is 12.6. The number of carbonyl (C=O) groups is 2. The van der Waals surface area contributed by atoms with Crippen molar-refractivity contribution in [2.75, 3.05) is 10.8 Å². The average Bonchev–Trinajstić information content (AvgIpc) is 2.53. The van der Waals surface area contributed by atoms with Crippen LogP contribution in [0.2, 0.25) is 0 Å². The Bertz CT molecular complexity index is 815. The number of sulfonamides is 1. The number of rotatable bonds is 6. The number of benzene rings is 2. The summed E-state index contributed by atoms with van der Waals surface area (Å²) in [7, 11) is -4.08. The number of aromatic carboxylic acids is 1. The highest BCUT2D eigenvalue weighted by Crippen LogP contribution is 2.23. The Hall–Kier alpha value is -2.87. The lowest BCUT2D eigenvalue weighted by atomic mass is 10.2. The van der Waals surface area contributed by atoms with Gasteiger partial charge in [0.2, 0.25) is 0 Å². The van der Waals surface area contributed by atoms with Crippen LogP contribution in [0, 0.1) is 0 Å². The molecular weight excluding hydrogens is 322 g/mol. The molecule has 0 aromatic heterocycles. The third-order valence-electron chi connectivity index (χ3n) is 3.01. The van der Waals surface area contributed by atoms with E-state index in [0.717, 1.165) is 4.31 Å². The summed E-state index contributed by atoms with van der Waals surface area (Å²) >= 11 is 0. The number of carboxylic acids is 2. The molecule has 2 aromatic rings. The van der Waals surface area contributed by atoms with Gasteiger partial charge >= 0.3 is 11.9 Å². The fourth-order valence-electron chi connectivity index (χ4n) is 1.93. The first-order valence-corrected chi connectivity index (χ1v) is 7.89. The van der Waals surface area contributed by atoms with E-state index in [1.165, 1.54) is 48.5 Å². The van der Waals surface area contributed by atoms with E-state index in [9.17, 15) is 18.0 Å². The Morgan fingerprint density at radius 2 is 1.48 bits per heavy atom. The molecule has 2 N–H and O–H groups in total. The molecule has 0 aliphatic rings. The molecule has 7 nitrogen and oxygen atoms in total. The molecule has 0 saturated heterocycles. The van der Waals surface area contributed by atoms with E-state index in [0.29, 0.717) is 0 Å². The smallest absolute Gasteiger partial charge is 0.335 e. The normalized spacial score (nSPS) is 11.0. The quantitative estimate of drug-likeness (QED) is 0.830. The summed E-state index contributed by atoms with van der Waals surface area (Å²) in [5.74, 6) is -2.49. The minimum atomic E-state index is -4.08. The number of aliphatic carboxylic acids is 1. The van der Waals surface area contributed by atoms with Crippen molar-refractivity contribution >= 4 is 27.6 Å². The van der Waals surface area contributed by atoms with Crippen molar-refractivity contribution in [2.24, 2.45) is 0 Å². The summed E-state index contributed by atoms with van der Waals surface area (Å²) in [6.07, 6.45) is 0. The molecular formula is C15H13NO6S. The van der Waals surface area contributed by atoms with Crippen molar-refractivity contribution in [2.45, 2.75) is 4.90 Å². The lowest BCUT2D eigenvalue weighted by Gasteiger charge is -2.22. The lowest BCUT2D eigenvalue weighted by molar-refractivity contribution is -0.135. The standard InChI is InChI=1S/C15H13NO6S/c17-14(18)10-16(12-8-6-11(7-9-12)15(19)20)23(21,22)13-4-2-1-3-5-13/h1-9H,10H2,(H,17,18)(H,19,20). The van der Waals surface area contributed by atoms with Crippen LogP contribution in [-0.4, -0.2) is 37.1 Å². The van der Waals surface area contributed by atoms with Gasteiger partial charge < -0.3 is 10.2 Å². The number of hydrogen-bond acceptors (Lipinski definition) is 4. The van der Waals surface area contributed by atoms with Crippen molar-refractivity contribution in [3.8, 4) is 0 Å². The Kier molecular flexibility index (Phi) is 4.65. The van der Waals surface area contributed by atoms with Crippen LogP contribution in [0.5, 0.6) is 0 Å². The highest BCUT2D eigenvalue weighted by molar-refractivity contribution is 7.92. The molecule has 120 valence electrons. The van der Waals surface area contributed by atoms with E-state index in [1.807, 2.05) is 0 Å². The van der Waals surface area contributed by atoms with Gasteiger partial charge in [-0.25, -0.2) is 13.2 Å². The number of carboxylic acid groups (broad SMARTS) is 2. The average molecular weight is 335 g/mol. The first-order chi connectivity index (χ1) is 10.8. The predicted octanol–water partition coefficient (Wildman–Crippen LogP) is 1.66. The second kappa shape index (κ2) is 6.49. The molecule has 0 spiro atoms. The van der Waals surface area contributed by atoms with Gasteiger partial charge in [-0.15, -0.1) is 0 Å². The summed E-state index contributed by atoms with van der Waals surface area (Å²) in [6.45, 7) is -0.774. The van der Waals surface area contributed by atoms with Crippen molar-refractivity contribution in [3.05, 3.63) is 60.2 Å². The Morgan fingerprint density at radius 1 is 0.913 bits per heavy atom. The molecule has 2 rings (SSSR count). The molecule has 0 fully saturated rings. The topological polar surface area (TPSA) is 112 Å². The molecule has 23 heavy (non-hydrogen) atoms. The summed E-state index contributed by atoms with van der Waals surface area (Å²) in [4.78, 5) is 21.8. The second-order valence-electron chi connectivity index (χ2n) is 4.57. The molecule has 0 amide bonds. The maximum absolute atomic E-state index is 12.6. The summed E-state index contributed by atoms with van der Waals surface area (Å²) < 4.78 is 26.0. The molecule has 0 bridgehead atoms. The van der Waals surface area contributed by atoms with E-state index in [2.05, 4.69) is 0 Å². The van der Waals surface area contributed by atoms with E-state index >= 15 is 0 Å². The van der Waals surface area contributed by atoms with Crippen LogP contribution in [0.4, 0.5) is 5.69 Å². The van der Waals surface area contributed by atoms with Crippen LogP contribution in [0.25, 0.3) is 0 Å². The highest BCUT2D eigenvalue weighted by atomic mass is 32.2. The van der Waals surface area contributed by atoms with Gasteiger partial charge in [0.25, 0.3) is 10.0 Å². The zero-order chi connectivity index (χ0) is 17.0. The van der Waals surface area contributed by atoms with Crippen LogP contribution in [0.1, 0.15) is 10.4 Å². The summed E-state index contributed by atoms with van der Waals surface area (Å²) in [6, 6.07) is 12.4. The molecule has 0 aliphatic heterocycles. The Balaban J connectivity index is 2.49. The van der Waals surface area contributed by atoms with Crippen LogP contribution in [0.15, 0.2) is 59.5 Å². The number of nitrogens with zero attached hydrogens (tertiary/aromatic N) is 1. The van der Waals surface area contributed by atoms with Gasteiger partial charge in [-0.1, -0.05) is 18.2 Å². The first kappa shape index (κ1) is 16.5. The van der Waals surface area contributed by atoms with Gasteiger partial charge in [0.15, 0.2) is 0 Å². The number of anilines is 1. The van der Waals surface area contributed by atoms with Crippen LogP contribution in [0.3, 0.4) is 0 Å². The largest absolute Gasteiger partial charge is 0.480 e. The summed E-state index contributed by atoms with van der Waals surface area (Å²) in [5, 5.41) is 17.9. The molecule has 0 unspecified atom stereocenters. The van der Waals surface area contributed by atoms with Gasteiger partial charge in [-0.3, -0.25) is 9.10 Å². The first-order valence-electron chi connectivity index (χ1n) is 6.45. The van der Waals surface area contributed by atoms with E-state index in [-0.39, 0.29) is 16.1 Å². The zero-order valence-corrected chi connectivity index (χ0v) is 12.6. The molecule has 0 heterocycles. The zero-order valence-electron chi connectivity index (χ0n) is 11.8. The van der Waals surface area contributed by atoms with Crippen LogP contribution < -0.4 is 4.31 Å². The summed E-state index contributed by atoms with van der Waals surface area (Å²) in [5.41, 5.74) is 0.0439. The van der Waals surface area contributed by atoms with E-state index in [4.69, 9.17) is 10.2 Å². The fraction of sp³-hybridized carbons (Fsp3) is 0.0667. The van der Waals surface area contributed by atoms with Gasteiger partial charge in [0.05, 0.1) is 16.1 Å². The van der Waals surface area contributed by atoms with Crippen molar-refractivity contribution in [1.29, 1.82) is 0 Å². The predicted molar refractivity (Wildman–Crippen MR) is 82.0 cm³/mol. The second-order valence-corrected chi connectivity index (χ2v) is 6.43. The van der Waals surface area contributed by atoms with Gasteiger partial charge in [-0.05, 0) is 36.4 Å². The maximum Gasteiger partial charge on any atom is 0.335 e. The molecule has 0 atom stereocenters. The third-order valence-corrected chi connectivity index (χ3v) is 4.80. The van der Waals surface area contributed by atoms with Gasteiger partial charge in [-0.2, -0.15) is 0 Å². The fourth-order valence-corrected chi connectivity index (χ4v) is 3.36. The third kappa shape index (κ3) is 3.67. The number of hydrogen-bond donors (Lipinski definition) is 2. The molecule has 8 heteroatoms. The molecule has 0 radical (unpaired) electrons. The molecule has 0 saturated carbocycles. The van der Waals surface area contributed by atoms with E-state index in [1.54, 1.807) is 6.07 Å². The minimum Gasteiger partial charge on any atom is -0.480 e. The molecule has 2 aromatic carbocycles. The van der Waals surface area contributed by atoms with Crippen molar-refractivity contribution in [1.82, 2.24) is 0 Å². The molecule has 0 aliphatic carbocycles. The SMILES string of the molecule is O=C(O)CN(c1ccc(C(=O)O)cc1)S(=O)(=O)c1ccccc1.